The molecule has 0 heterocycles. The Morgan fingerprint density at radius 3 is 2.65 bits per heavy atom. The summed E-state index contributed by atoms with van der Waals surface area (Å²) in [5, 5.41) is 16.2. The zero-order chi connectivity index (χ0) is 14.1. The molecule has 0 spiro atoms. The summed E-state index contributed by atoms with van der Waals surface area (Å²) in [6.07, 6.45) is 1.04. The third-order valence-electron chi connectivity index (χ3n) is 2.58. The van der Waals surface area contributed by atoms with Crippen LogP contribution >= 0.6 is 24.0 Å². The van der Waals surface area contributed by atoms with Crippen molar-refractivity contribution in [2.45, 2.75) is 26.8 Å². The fourth-order valence-corrected chi connectivity index (χ4v) is 1.56. The molecule has 6 heteroatoms. The first kappa shape index (κ1) is 18.8. The molecule has 0 aliphatic carbocycles. The number of hydrogen-bond donors (Lipinski definition) is 3. The Balaban J connectivity index is 0.00000361. The van der Waals surface area contributed by atoms with Crippen molar-refractivity contribution in [1.29, 1.82) is 0 Å². The number of methoxy groups -OCH3 is 1. The second-order valence-corrected chi connectivity index (χ2v) is 4.12. The lowest BCUT2D eigenvalue weighted by atomic mass is 10.2. The summed E-state index contributed by atoms with van der Waals surface area (Å²) < 4.78 is 5.14. The van der Waals surface area contributed by atoms with E-state index in [4.69, 9.17) is 4.74 Å². The van der Waals surface area contributed by atoms with Crippen molar-refractivity contribution in [2.75, 3.05) is 20.2 Å². The second-order valence-electron chi connectivity index (χ2n) is 4.12. The van der Waals surface area contributed by atoms with Crippen LogP contribution in [0.4, 0.5) is 0 Å². The maximum absolute atomic E-state index is 9.78. The van der Waals surface area contributed by atoms with Gasteiger partial charge in [-0.2, -0.15) is 0 Å². The molecule has 0 saturated heterocycles. The van der Waals surface area contributed by atoms with Gasteiger partial charge in [-0.3, -0.25) is 0 Å². The quantitative estimate of drug-likeness (QED) is 0.395. The molecule has 0 saturated carbocycles. The van der Waals surface area contributed by atoms with Crippen LogP contribution in [0.25, 0.3) is 0 Å². The molecule has 3 N–H and O–H groups in total. The lowest BCUT2D eigenvalue weighted by molar-refractivity contribution is 0.411. The lowest BCUT2D eigenvalue weighted by Crippen LogP contribution is -2.37. The third kappa shape index (κ3) is 6.31. The van der Waals surface area contributed by atoms with Gasteiger partial charge in [-0.1, -0.05) is 6.92 Å². The standard InChI is InChI=1S/C14H23N3O2.HI/c1-4-8-16-14(15-5-2)17-10-11-9-12(19-3)6-7-13(11)18;/h6-7,9,18H,4-5,8,10H2,1-3H3,(H2,15,16,17);1H. The minimum Gasteiger partial charge on any atom is -0.508 e. The molecule has 5 nitrogen and oxygen atoms in total. The van der Waals surface area contributed by atoms with Gasteiger partial charge in [-0.15, -0.1) is 24.0 Å². The maximum Gasteiger partial charge on any atom is 0.191 e. The number of rotatable bonds is 6. The number of halogens is 1. The number of aromatic hydroxyl groups is 1. The molecular formula is C14H24IN3O2. The predicted octanol–water partition coefficient (Wildman–Crippen LogP) is 2.48. The van der Waals surface area contributed by atoms with Gasteiger partial charge in [-0.05, 0) is 31.5 Å². The molecule has 1 aromatic carbocycles. The van der Waals surface area contributed by atoms with Crippen LogP contribution in [0.3, 0.4) is 0 Å². The van der Waals surface area contributed by atoms with Crippen molar-refractivity contribution in [2.24, 2.45) is 4.99 Å². The Morgan fingerprint density at radius 1 is 1.30 bits per heavy atom. The van der Waals surface area contributed by atoms with Crippen molar-refractivity contribution in [3.8, 4) is 11.5 Å². The number of aliphatic imine (C=N–C) groups is 1. The van der Waals surface area contributed by atoms with Crippen LogP contribution in [0.1, 0.15) is 25.8 Å². The minimum atomic E-state index is 0. The largest absolute Gasteiger partial charge is 0.508 e. The average molecular weight is 393 g/mol. The van der Waals surface area contributed by atoms with Crippen LogP contribution in [-0.4, -0.2) is 31.3 Å². The fourth-order valence-electron chi connectivity index (χ4n) is 1.56. The maximum atomic E-state index is 9.78. The van der Waals surface area contributed by atoms with Crippen LogP contribution in [-0.2, 0) is 6.54 Å². The van der Waals surface area contributed by atoms with Crippen molar-refractivity contribution < 1.29 is 9.84 Å². The summed E-state index contributed by atoms with van der Waals surface area (Å²) in [5.41, 5.74) is 0.744. The van der Waals surface area contributed by atoms with Gasteiger partial charge in [0.2, 0.25) is 0 Å². The van der Waals surface area contributed by atoms with E-state index < -0.39 is 0 Å². The summed E-state index contributed by atoms with van der Waals surface area (Å²) in [6, 6.07) is 5.14. The fraction of sp³-hybridized carbons (Fsp3) is 0.500. The van der Waals surface area contributed by atoms with Crippen LogP contribution in [0.2, 0.25) is 0 Å². The highest BCUT2D eigenvalue weighted by Gasteiger charge is 2.03. The van der Waals surface area contributed by atoms with Crippen molar-refractivity contribution in [3.05, 3.63) is 23.8 Å². The van der Waals surface area contributed by atoms with Gasteiger partial charge >= 0.3 is 0 Å². The van der Waals surface area contributed by atoms with Gasteiger partial charge in [0.1, 0.15) is 11.5 Å². The first-order valence-electron chi connectivity index (χ1n) is 6.59. The molecular weight excluding hydrogens is 369 g/mol. The van der Waals surface area contributed by atoms with Crippen molar-refractivity contribution in [1.82, 2.24) is 10.6 Å². The highest BCUT2D eigenvalue weighted by Crippen LogP contribution is 2.23. The molecule has 0 amide bonds. The zero-order valence-electron chi connectivity index (χ0n) is 12.3. The molecule has 0 atom stereocenters. The molecule has 0 radical (unpaired) electrons. The van der Waals surface area contributed by atoms with E-state index in [1.54, 1.807) is 25.3 Å². The van der Waals surface area contributed by atoms with Crippen LogP contribution < -0.4 is 15.4 Å². The van der Waals surface area contributed by atoms with Crippen LogP contribution in [0, 0.1) is 0 Å². The van der Waals surface area contributed by atoms with Crippen molar-refractivity contribution >= 4 is 29.9 Å². The number of nitrogens with zero attached hydrogens (tertiary/aromatic N) is 1. The van der Waals surface area contributed by atoms with E-state index in [1.807, 2.05) is 6.92 Å². The number of ether oxygens (including phenoxy) is 1. The second kappa shape index (κ2) is 10.6. The number of phenolic OH excluding ortho intramolecular Hbond substituents is 1. The molecule has 0 aliphatic heterocycles. The van der Waals surface area contributed by atoms with E-state index in [9.17, 15) is 5.11 Å². The Labute approximate surface area is 137 Å². The molecule has 20 heavy (non-hydrogen) atoms. The van der Waals surface area contributed by atoms with E-state index in [0.717, 1.165) is 36.8 Å². The molecule has 1 aromatic rings. The number of guanidine groups is 1. The monoisotopic (exact) mass is 393 g/mol. The highest BCUT2D eigenvalue weighted by atomic mass is 127. The van der Waals surface area contributed by atoms with E-state index in [1.165, 1.54) is 0 Å². The Bertz CT molecular complexity index is 425. The average Bonchev–Trinajstić information content (AvgIpc) is 2.43. The molecule has 0 aromatic heterocycles. The molecule has 0 bridgehead atoms. The van der Waals surface area contributed by atoms with Crippen LogP contribution in [0.15, 0.2) is 23.2 Å². The van der Waals surface area contributed by atoms with Gasteiger partial charge in [-0.25, -0.2) is 4.99 Å². The summed E-state index contributed by atoms with van der Waals surface area (Å²) in [7, 11) is 1.60. The summed E-state index contributed by atoms with van der Waals surface area (Å²) in [4.78, 5) is 4.44. The molecule has 1 rings (SSSR count). The summed E-state index contributed by atoms with van der Waals surface area (Å²) in [5.74, 6) is 1.71. The lowest BCUT2D eigenvalue weighted by Gasteiger charge is -2.11. The van der Waals surface area contributed by atoms with E-state index in [-0.39, 0.29) is 29.7 Å². The zero-order valence-corrected chi connectivity index (χ0v) is 14.6. The Kier molecular flexibility index (Phi) is 9.96. The number of phenols is 1. The van der Waals surface area contributed by atoms with Gasteiger partial charge in [0.05, 0.1) is 13.7 Å². The van der Waals surface area contributed by atoms with Crippen LogP contribution in [0.5, 0.6) is 11.5 Å². The smallest absolute Gasteiger partial charge is 0.191 e. The van der Waals surface area contributed by atoms with E-state index in [0.29, 0.717) is 6.54 Å². The third-order valence-corrected chi connectivity index (χ3v) is 2.58. The Morgan fingerprint density at radius 2 is 2.05 bits per heavy atom. The van der Waals surface area contributed by atoms with Gasteiger partial charge in [0.25, 0.3) is 0 Å². The molecule has 114 valence electrons. The molecule has 0 aliphatic rings. The normalized spacial score (nSPS) is 10.7. The SMILES string of the molecule is CCCNC(=NCc1cc(OC)ccc1O)NCC.I. The topological polar surface area (TPSA) is 65.9 Å². The first-order chi connectivity index (χ1) is 9.21. The highest BCUT2D eigenvalue weighted by molar-refractivity contribution is 14.0. The van der Waals surface area contributed by atoms with Gasteiger partial charge in [0, 0.05) is 18.7 Å². The summed E-state index contributed by atoms with van der Waals surface area (Å²) in [6.45, 7) is 6.20. The minimum absolute atomic E-state index is 0. The number of hydrogen-bond acceptors (Lipinski definition) is 3. The predicted molar refractivity (Wildman–Crippen MR) is 93.2 cm³/mol. The Hall–Kier alpha value is -1.18. The summed E-state index contributed by atoms with van der Waals surface area (Å²) >= 11 is 0. The number of nitrogens with one attached hydrogen (secondary N) is 2. The number of benzene rings is 1. The van der Waals surface area contributed by atoms with E-state index in [2.05, 4.69) is 22.5 Å². The van der Waals surface area contributed by atoms with Crippen molar-refractivity contribution in [3.63, 3.8) is 0 Å². The molecule has 0 unspecified atom stereocenters. The molecule has 0 fully saturated rings. The van der Waals surface area contributed by atoms with E-state index >= 15 is 0 Å². The van der Waals surface area contributed by atoms with Gasteiger partial charge in [0.15, 0.2) is 5.96 Å². The van der Waals surface area contributed by atoms with Gasteiger partial charge < -0.3 is 20.5 Å². The first-order valence-corrected chi connectivity index (χ1v) is 6.59.